The zero-order chi connectivity index (χ0) is 11.5. The van der Waals surface area contributed by atoms with E-state index in [1.165, 1.54) is 0 Å². The average molecular weight is 290 g/mol. The fourth-order valence-electron chi connectivity index (χ4n) is 0.901. The lowest BCUT2D eigenvalue weighted by Crippen LogP contribution is -2.13. The van der Waals surface area contributed by atoms with Crippen LogP contribution >= 0.6 is 46.4 Å². The van der Waals surface area contributed by atoms with Crippen LogP contribution < -0.4 is 5.73 Å². The zero-order valence-corrected chi connectivity index (χ0v) is 10.6. The first-order chi connectivity index (χ1) is 6.93. The van der Waals surface area contributed by atoms with Gasteiger partial charge < -0.3 is 5.73 Å². The molecular formula is C7H8Cl4N4. The summed E-state index contributed by atoms with van der Waals surface area (Å²) in [6.45, 7) is 0. The standard InChI is InChI=1S/C7H8Cl4N4/c8-3-1-2-4-13-5(7(9,10)11)15-6(12)14-4/h1-3H2,(H2,12,13,14,15). The first-order valence-electron chi connectivity index (χ1n) is 4.07. The summed E-state index contributed by atoms with van der Waals surface area (Å²) in [4.78, 5) is 11.6. The molecule has 0 bridgehead atoms. The molecule has 0 amide bonds. The lowest BCUT2D eigenvalue weighted by atomic mass is 10.3. The number of nitrogens with two attached hydrogens (primary N) is 1. The highest BCUT2D eigenvalue weighted by Crippen LogP contribution is 2.35. The van der Waals surface area contributed by atoms with Gasteiger partial charge in [-0.1, -0.05) is 34.8 Å². The number of aryl methyl sites for hydroxylation is 1. The van der Waals surface area contributed by atoms with E-state index in [-0.39, 0.29) is 11.8 Å². The molecule has 8 heteroatoms. The van der Waals surface area contributed by atoms with E-state index < -0.39 is 3.79 Å². The van der Waals surface area contributed by atoms with Crippen molar-refractivity contribution in [3.63, 3.8) is 0 Å². The Morgan fingerprint density at radius 1 is 1.13 bits per heavy atom. The summed E-state index contributed by atoms with van der Waals surface area (Å²) in [6, 6.07) is 0. The Hall–Kier alpha value is -0.0300. The van der Waals surface area contributed by atoms with Gasteiger partial charge in [-0.25, -0.2) is 4.98 Å². The lowest BCUT2D eigenvalue weighted by molar-refractivity contribution is 0.793. The van der Waals surface area contributed by atoms with Crippen molar-refractivity contribution in [2.45, 2.75) is 16.6 Å². The Bertz CT molecular complexity index is 338. The minimum Gasteiger partial charge on any atom is -0.368 e. The van der Waals surface area contributed by atoms with Crippen LogP contribution in [0.5, 0.6) is 0 Å². The summed E-state index contributed by atoms with van der Waals surface area (Å²) in [5.74, 6) is 1.05. The molecule has 0 aliphatic rings. The summed E-state index contributed by atoms with van der Waals surface area (Å²) in [5.41, 5.74) is 5.46. The Labute approximate surface area is 107 Å². The van der Waals surface area contributed by atoms with E-state index in [1.807, 2.05) is 0 Å². The highest BCUT2D eigenvalue weighted by Gasteiger charge is 2.27. The van der Waals surface area contributed by atoms with Crippen LogP contribution in [0.3, 0.4) is 0 Å². The smallest absolute Gasteiger partial charge is 0.250 e. The topological polar surface area (TPSA) is 64.7 Å². The van der Waals surface area contributed by atoms with Crippen molar-refractivity contribution in [3.05, 3.63) is 11.6 Å². The Balaban J connectivity index is 2.95. The van der Waals surface area contributed by atoms with E-state index in [4.69, 9.17) is 52.1 Å². The second-order valence-electron chi connectivity index (χ2n) is 2.72. The van der Waals surface area contributed by atoms with E-state index in [1.54, 1.807) is 0 Å². The van der Waals surface area contributed by atoms with Gasteiger partial charge in [-0.15, -0.1) is 11.6 Å². The monoisotopic (exact) mass is 288 g/mol. The number of rotatable bonds is 3. The molecule has 4 nitrogen and oxygen atoms in total. The van der Waals surface area contributed by atoms with Gasteiger partial charge in [0.1, 0.15) is 5.82 Å². The molecule has 0 aliphatic heterocycles. The van der Waals surface area contributed by atoms with Gasteiger partial charge in [0.15, 0.2) is 5.82 Å². The SMILES string of the molecule is Nc1nc(CCCCl)nc(C(Cl)(Cl)Cl)n1. The molecule has 1 rings (SSSR count). The third-order valence-electron chi connectivity index (χ3n) is 1.49. The van der Waals surface area contributed by atoms with E-state index in [0.29, 0.717) is 18.1 Å². The molecular weight excluding hydrogens is 282 g/mol. The molecule has 0 spiro atoms. The van der Waals surface area contributed by atoms with Crippen LogP contribution in [0.2, 0.25) is 0 Å². The normalized spacial score (nSPS) is 11.7. The van der Waals surface area contributed by atoms with Gasteiger partial charge in [-0.2, -0.15) is 9.97 Å². The van der Waals surface area contributed by atoms with Gasteiger partial charge in [-0.05, 0) is 6.42 Å². The molecule has 0 aromatic carbocycles. The summed E-state index contributed by atoms with van der Waals surface area (Å²) in [5, 5.41) is 0. The highest BCUT2D eigenvalue weighted by molar-refractivity contribution is 6.66. The van der Waals surface area contributed by atoms with Crippen LogP contribution in [0.1, 0.15) is 18.1 Å². The third kappa shape index (κ3) is 4.15. The zero-order valence-electron chi connectivity index (χ0n) is 7.55. The van der Waals surface area contributed by atoms with Gasteiger partial charge in [0.05, 0.1) is 0 Å². The minimum atomic E-state index is -1.69. The number of alkyl halides is 4. The summed E-state index contributed by atoms with van der Waals surface area (Å²) in [6.07, 6.45) is 1.30. The highest BCUT2D eigenvalue weighted by atomic mass is 35.6. The average Bonchev–Trinajstić information content (AvgIpc) is 2.12. The van der Waals surface area contributed by atoms with Crippen molar-refractivity contribution >= 4 is 52.4 Å². The van der Waals surface area contributed by atoms with Crippen LogP contribution in [-0.2, 0) is 10.2 Å². The van der Waals surface area contributed by atoms with Gasteiger partial charge in [0.2, 0.25) is 9.74 Å². The number of halogens is 4. The maximum absolute atomic E-state index is 5.63. The fraction of sp³-hybridized carbons (Fsp3) is 0.571. The predicted molar refractivity (Wildman–Crippen MR) is 62.5 cm³/mol. The lowest BCUT2D eigenvalue weighted by Gasteiger charge is -2.10. The maximum atomic E-state index is 5.63. The molecule has 1 aromatic heterocycles. The van der Waals surface area contributed by atoms with Crippen LogP contribution in [0.25, 0.3) is 0 Å². The van der Waals surface area contributed by atoms with Crippen molar-refractivity contribution in [1.29, 1.82) is 0 Å². The van der Waals surface area contributed by atoms with Crippen LogP contribution in [0.15, 0.2) is 0 Å². The molecule has 0 saturated heterocycles. The molecule has 1 heterocycles. The molecule has 0 aliphatic carbocycles. The number of hydrogen-bond acceptors (Lipinski definition) is 4. The third-order valence-corrected chi connectivity index (χ3v) is 2.26. The maximum Gasteiger partial charge on any atom is 0.250 e. The molecule has 15 heavy (non-hydrogen) atoms. The van der Waals surface area contributed by atoms with E-state index >= 15 is 0 Å². The number of nitrogens with zero attached hydrogens (tertiary/aromatic N) is 3. The Morgan fingerprint density at radius 2 is 1.80 bits per heavy atom. The van der Waals surface area contributed by atoms with E-state index in [9.17, 15) is 0 Å². The van der Waals surface area contributed by atoms with Crippen molar-refractivity contribution in [3.8, 4) is 0 Å². The molecule has 0 unspecified atom stereocenters. The second-order valence-corrected chi connectivity index (χ2v) is 5.38. The van der Waals surface area contributed by atoms with Crippen molar-refractivity contribution in [2.24, 2.45) is 0 Å². The van der Waals surface area contributed by atoms with Crippen molar-refractivity contribution < 1.29 is 0 Å². The molecule has 0 fully saturated rings. The van der Waals surface area contributed by atoms with Crippen LogP contribution in [0.4, 0.5) is 5.95 Å². The summed E-state index contributed by atoms with van der Waals surface area (Å²) >= 11 is 22.4. The Morgan fingerprint density at radius 3 is 2.33 bits per heavy atom. The van der Waals surface area contributed by atoms with E-state index in [0.717, 1.165) is 6.42 Å². The van der Waals surface area contributed by atoms with Gasteiger partial charge in [0, 0.05) is 12.3 Å². The second kappa shape index (κ2) is 5.34. The van der Waals surface area contributed by atoms with E-state index in [2.05, 4.69) is 15.0 Å². The minimum absolute atomic E-state index is 0.0320. The Kier molecular flexibility index (Phi) is 4.64. The molecule has 0 atom stereocenters. The van der Waals surface area contributed by atoms with Crippen molar-refractivity contribution in [2.75, 3.05) is 11.6 Å². The molecule has 0 radical (unpaired) electrons. The first kappa shape index (κ1) is 13.0. The summed E-state index contributed by atoms with van der Waals surface area (Å²) in [7, 11) is 0. The fourth-order valence-corrected chi connectivity index (χ4v) is 1.29. The van der Waals surface area contributed by atoms with Crippen LogP contribution in [-0.4, -0.2) is 20.8 Å². The number of anilines is 1. The largest absolute Gasteiger partial charge is 0.368 e. The molecule has 1 aromatic rings. The number of aromatic nitrogens is 3. The molecule has 84 valence electrons. The predicted octanol–water partition coefficient (Wildman–Crippen LogP) is 2.45. The summed E-state index contributed by atoms with van der Waals surface area (Å²) < 4.78 is -1.69. The first-order valence-corrected chi connectivity index (χ1v) is 5.74. The van der Waals surface area contributed by atoms with Crippen LogP contribution in [0, 0.1) is 0 Å². The van der Waals surface area contributed by atoms with Crippen molar-refractivity contribution in [1.82, 2.24) is 15.0 Å². The van der Waals surface area contributed by atoms with Gasteiger partial charge in [-0.3, -0.25) is 0 Å². The molecule has 0 saturated carbocycles. The number of hydrogen-bond donors (Lipinski definition) is 1. The van der Waals surface area contributed by atoms with Gasteiger partial charge >= 0.3 is 0 Å². The quantitative estimate of drug-likeness (QED) is 0.868. The number of nitrogen functional groups attached to an aromatic ring is 1. The molecule has 2 N–H and O–H groups in total. The van der Waals surface area contributed by atoms with Gasteiger partial charge in [0.25, 0.3) is 0 Å².